The van der Waals surface area contributed by atoms with Gasteiger partial charge < -0.3 is 4.74 Å². The summed E-state index contributed by atoms with van der Waals surface area (Å²) in [7, 11) is -1.59. The summed E-state index contributed by atoms with van der Waals surface area (Å²) >= 11 is 1.61. The van der Waals surface area contributed by atoms with Crippen molar-refractivity contribution in [2.24, 2.45) is 0 Å². The van der Waals surface area contributed by atoms with Crippen LogP contribution >= 0.6 is 11.8 Å². The van der Waals surface area contributed by atoms with E-state index >= 15 is 0 Å². The Balaban J connectivity index is 2.45. The summed E-state index contributed by atoms with van der Waals surface area (Å²) in [6.45, 7) is 0.704. The van der Waals surface area contributed by atoms with Crippen LogP contribution in [0.25, 0.3) is 0 Å². The first-order chi connectivity index (χ1) is 9.10. The lowest BCUT2D eigenvalue weighted by Crippen LogP contribution is -2.09. The van der Waals surface area contributed by atoms with Crippen molar-refractivity contribution in [1.29, 1.82) is 5.26 Å². The first-order valence-corrected chi connectivity index (χ1v) is 8.70. The largest absolute Gasteiger partial charge is 0.385 e. The van der Waals surface area contributed by atoms with E-state index in [1.165, 1.54) is 24.3 Å². The van der Waals surface area contributed by atoms with E-state index in [0.29, 0.717) is 17.9 Å². The molecule has 0 unspecified atom stereocenters. The second-order valence-electron chi connectivity index (χ2n) is 3.91. The van der Waals surface area contributed by atoms with Crippen molar-refractivity contribution in [3.63, 3.8) is 0 Å². The monoisotopic (exact) mass is 299 g/mol. The molecule has 0 atom stereocenters. The number of thioether (sulfide) groups is 1. The fraction of sp³-hybridized carbons (Fsp3) is 0.462. The molecule has 1 aromatic rings. The number of nitriles is 1. The summed E-state index contributed by atoms with van der Waals surface area (Å²) in [6, 6.07) is 8.00. The van der Waals surface area contributed by atoms with Crippen molar-refractivity contribution in [1.82, 2.24) is 0 Å². The highest BCUT2D eigenvalue weighted by Gasteiger charge is 2.13. The van der Waals surface area contributed by atoms with Crippen LogP contribution in [-0.4, -0.2) is 39.4 Å². The summed E-state index contributed by atoms with van der Waals surface area (Å²) in [5, 5.41) is 8.66. The lowest BCUT2D eigenvalue weighted by molar-refractivity contribution is 0.200. The van der Waals surface area contributed by atoms with Crippen LogP contribution in [0.2, 0.25) is 0 Å². The quantitative estimate of drug-likeness (QED) is 0.688. The van der Waals surface area contributed by atoms with E-state index in [-0.39, 0.29) is 10.6 Å². The maximum Gasteiger partial charge on any atom is 0.179 e. The molecule has 0 saturated heterocycles. The Kier molecular flexibility index (Phi) is 6.92. The maximum atomic E-state index is 12.0. The molecule has 0 bridgehead atoms. The average Bonchev–Trinajstić information content (AvgIpc) is 2.43. The molecular weight excluding hydrogens is 282 g/mol. The first-order valence-electron chi connectivity index (χ1n) is 5.90. The van der Waals surface area contributed by atoms with Gasteiger partial charge in [0, 0.05) is 19.5 Å². The smallest absolute Gasteiger partial charge is 0.179 e. The van der Waals surface area contributed by atoms with E-state index < -0.39 is 9.84 Å². The molecule has 0 radical (unpaired) electrons. The van der Waals surface area contributed by atoms with Crippen LogP contribution in [0.1, 0.15) is 12.0 Å². The average molecular weight is 299 g/mol. The predicted octanol–water partition coefficient (Wildman–Crippen LogP) is 2.10. The van der Waals surface area contributed by atoms with Crippen molar-refractivity contribution >= 4 is 21.6 Å². The molecule has 0 aliphatic heterocycles. The molecule has 1 aromatic carbocycles. The van der Waals surface area contributed by atoms with Crippen LogP contribution < -0.4 is 0 Å². The topological polar surface area (TPSA) is 67.2 Å². The molecular formula is C13H17NO3S2. The number of nitrogens with zero attached hydrogens (tertiary/aromatic N) is 1. The second-order valence-corrected chi connectivity index (χ2v) is 7.25. The van der Waals surface area contributed by atoms with Gasteiger partial charge in [0.15, 0.2) is 9.84 Å². The van der Waals surface area contributed by atoms with Gasteiger partial charge in [-0.2, -0.15) is 17.0 Å². The van der Waals surface area contributed by atoms with E-state index in [4.69, 9.17) is 10.00 Å². The van der Waals surface area contributed by atoms with Gasteiger partial charge in [-0.3, -0.25) is 0 Å². The zero-order valence-corrected chi connectivity index (χ0v) is 12.5. The summed E-state index contributed by atoms with van der Waals surface area (Å²) in [5.74, 6) is 1.60. The number of rotatable bonds is 8. The molecule has 6 heteroatoms. The number of hydrogen-bond acceptors (Lipinski definition) is 5. The Hall–Kier alpha value is -1.03. The van der Waals surface area contributed by atoms with Crippen molar-refractivity contribution in [3.8, 4) is 6.07 Å². The van der Waals surface area contributed by atoms with Crippen LogP contribution in [0.15, 0.2) is 29.2 Å². The van der Waals surface area contributed by atoms with E-state index in [9.17, 15) is 8.42 Å². The van der Waals surface area contributed by atoms with Gasteiger partial charge in [-0.25, -0.2) is 8.42 Å². The Bertz CT molecular complexity index is 518. The number of hydrogen-bond donors (Lipinski definition) is 0. The molecule has 1 rings (SSSR count). The van der Waals surface area contributed by atoms with Crippen LogP contribution in [0.3, 0.4) is 0 Å². The number of benzene rings is 1. The molecule has 0 aromatic heterocycles. The van der Waals surface area contributed by atoms with Crippen molar-refractivity contribution < 1.29 is 13.2 Å². The van der Waals surface area contributed by atoms with Gasteiger partial charge in [0.1, 0.15) is 0 Å². The van der Waals surface area contributed by atoms with Crippen LogP contribution in [0, 0.1) is 11.3 Å². The van der Waals surface area contributed by atoms with Crippen molar-refractivity contribution in [2.45, 2.75) is 11.3 Å². The van der Waals surface area contributed by atoms with Gasteiger partial charge in [-0.1, -0.05) is 0 Å². The minimum Gasteiger partial charge on any atom is -0.385 e. The van der Waals surface area contributed by atoms with Gasteiger partial charge in [0.05, 0.1) is 22.3 Å². The molecule has 0 aliphatic rings. The zero-order chi connectivity index (χ0) is 14.1. The molecule has 0 spiro atoms. The normalized spacial score (nSPS) is 11.2. The lowest BCUT2D eigenvalue weighted by atomic mass is 10.2. The zero-order valence-electron chi connectivity index (χ0n) is 10.8. The van der Waals surface area contributed by atoms with Crippen LogP contribution in [-0.2, 0) is 14.6 Å². The van der Waals surface area contributed by atoms with Gasteiger partial charge in [-0.15, -0.1) is 0 Å². The minimum absolute atomic E-state index is 0.122. The number of ether oxygens (including phenoxy) is 1. The molecule has 0 fully saturated rings. The third-order valence-electron chi connectivity index (χ3n) is 2.48. The second kappa shape index (κ2) is 8.20. The fourth-order valence-corrected chi connectivity index (χ4v) is 4.09. The standard InChI is InChI=1S/C13H17NO3S2/c1-17-7-2-8-18-9-10-19(15,16)13-5-3-12(11-14)4-6-13/h3-6H,2,7-10H2,1H3. The van der Waals surface area contributed by atoms with Crippen LogP contribution in [0.4, 0.5) is 0 Å². The highest BCUT2D eigenvalue weighted by molar-refractivity contribution is 8.00. The number of sulfone groups is 1. The Morgan fingerprint density at radius 2 is 1.95 bits per heavy atom. The summed E-state index contributed by atoms with van der Waals surface area (Å²) in [6.07, 6.45) is 0.929. The molecule has 0 aliphatic carbocycles. The molecule has 0 amide bonds. The summed E-state index contributed by atoms with van der Waals surface area (Å²) in [5.41, 5.74) is 0.466. The van der Waals surface area contributed by atoms with Gasteiger partial charge in [0.2, 0.25) is 0 Å². The highest BCUT2D eigenvalue weighted by Crippen LogP contribution is 2.14. The van der Waals surface area contributed by atoms with Gasteiger partial charge in [-0.05, 0) is 36.4 Å². The Labute approximate surface area is 118 Å². The fourth-order valence-electron chi connectivity index (χ4n) is 1.43. The molecule has 19 heavy (non-hydrogen) atoms. The van der Waals surface area contributed by atoms with E-state index in [1.807, 2.05) is 6.07 Å². The van der Waals surface area contributed by atoms with Gasteiger partial charge >= 0.3 is 0 Å². The third-order valence-corrected chi connectivity index (χ3v) is 5.54. The van der Waals surface area contributed by atoms with E-state index in [0.717, 1.165) is 12.2 Å². The van der Waals surface area contributed by atoms with Gasteiger partial charge in [0.25, 0.3) is 0 Å². The summed E-state index contributed by atoms with van der Waals surface area (Å²) < 4.78 is 28.9. The van der Waals surface area contributed by atoms with Crippen LogP contribution in [0.5, 0.6) is 0 Å². The molecule has 0 N–H and O–H groups in total. The highest BCUT2D eigenvalue weighted by atomic mass is 32.2. The van der Waals surface area contributed by atoms with E-state index in [1.54, 1.807) is 18.9 Å². The molecule has 104 valence electrons. The SMILES string of the molecule is COCCCSCCS(=O)(=O)c1ccc(C#N)cc1. The Morgan fingerprint density at radius 3 is 2.53 bits per heavy atom. The molecule has 0 saturated carbocycles. The van der Waals surface area contributed by atoms with Crippen molar-refractivity contribution in [3.05, 3.63) is 29.8 Å². The third kappa shape index (κ3) is 5.64. The Morgan fingerprint density at radius 1 is 1.26 bits per heavy atom. The lowest BCUT2D eigenvalue weighted by Gasteiger charge is -2.04. The first kappa shape index (κ1) is 16.0. The summed E-state index contributed by atoms with van der Waals surface area (Å²) in [4.78, 5) is 0.281. The van der Waals surface area contributed by atoms with E-state index in [2.05, 4.69) is 0 Å². The molecule has 0 heterocycles. The molecule has 4 nitrogen and oxygen atoms in total. The predicted molar refractivity (Wildman–Crippen MR) is 77.0 cm³/mol. The maximum absolute atomic E-state index is 12.0. The van der Waals surface area contributed by atoms with Crippen molar-refractivity contribution in [2.75, 3.05) is 31.0 Å². The minimum atomic E-state index is -3.24. The number of methoxy groups -OCH3 is 1.